The van der Waals surface area contributed by atoms with E-state index in [2.05, 4.69) is 6.92 Å². The molecule has 0 atom stereocenters. The summed E-state index contributed by atoms with van der Waals surface area (Å²) in [5.74, 6) is 0. The first-order valence-corrected chi connectivity index (χ1v) is 5.51. The van der Waals surface area contributed by atoms with E-state index in [-0.39, 0.29) is 0 Å². The molecule has 1 aromatic rings. The van der Waals surface area contributed by atoms with Crippen molar-refractivity contribution in [2.45, 2.75) is 8.13 Å². The van der Waals surface area contributed by atoms with Crippen molar-refractivity contribution in [3.8, 4) is 0 Å². The summed E-state index contributed by atoms with van der Waals surface area (Å²) in [4.78, 5) is 0. The summed E-state index contributed by atoms with van der Waals surface area (Å²) in [6, 6.07) is 6.89. The summed E-state index contributed by atoms with van der Waals surface area (Å²) in [5, 5.41) is 0. The zero-order valence-corrected chi connectivity index (χ0v) is 10.7. The maximum absolute atomic E-state index is 5.95. The SMILES string of the molecule is [CH2]c1cccc(C(Cl)(Cl)C(Cl)(Cl)Cl)c1. The van der Waals surface area contributed by atoms with Crippen molar-refractivity contribution in [2.24, 2.45) is 0 Å². The first kappa shape index (κ1) is 12.7. The molecule has 1 rings (SSSR count). The Morgan fingerprint density at radius 1 is 1.00 bits per heavy atom. The molecule has 77 valence electrons. The molecule has 0 spiro atoms. The molecule has 0 aromatic heterocycles. The maximum Gasteiger partial charge on any atom is 0.227 e. The van der Waals surface area contributed by atoms with Crippen LogP contribution in [0, 0.1) is 6.92 Å². The highest BCUT2D eigenvalue weighted by atomic mass is 35.6. The van der Waals surface area contributed by atoms with E-state index in [0.29, 0.717) is 5.56 Å². The zero-order chi connectivity index (χ0) is 11.0. The summed E-state index contributed by atoms with van der Waals surface area (Å²) in [6.45, 7) is 3.73. The van der Waals surface area contributed by atoms with Gasteiger partial charge in [-0.25, -0.2) is 0 Å². The molecular weight excluding hydrogens is 285 g/mol. The second-order valence-electron chi connectivity index (χ2n) is 2.77. The molecule has 1 aromatic carbocycles. The van der Waals surface area contributed by atoms with Gasteiger partial charge in [-0.05, 0) is 18.1 Å². The summed E-state index contributed by atoms with van der Waals surface area (Å²) < 4.78 is -3.37. The average Bonchev–Trinajstić information content (AvgIpc) is 2.02. The fourth-order valence-electron chi connectivity index (χ4n) is 0.930. The zero-order valence-electron chi connectivity index (χ0n) is 6.91. The van der Waals surface area contributed by atoms with Crippen molar-refractivity contribution in [1.29, 1.82) is 0 Å². The van der Waals surface area contributed by atoms with Crippen LogP contribution < -0.4 is 0 Å². The lowest BCUT2D eigenvalue weighted by molar-refractivity contribution is 0.877. The fraction of sp³-hybridized carbons (Fsp3) is 0.222. The smallest absolute Gasteiger partial charge is 0.0915 e. The highest BCUT2D eigenvalue weighted by Gasteiger charge is 2.47. The first-order chi connectivity index (χ1) is 6.25. The minimum Gasteiger partial charge on any atom is -0.0915 e. The van der Waals surface area contributed by atoms with Crippen LogP contribution in [0.15, 0.2) is 24.3 Å². The molecule has 14 heavy (non-hydrogen) atoms. The molecule has 0 saturated heterocycles. The number of rotatable bonds is 1. The van der Waals surface area contributed by atoms with Crippen LogP contribution in [-0.2, 0) is 4.33 Å². The average molecular weight is 291 g/mol. The molecule has 0 N–H and O–H groups in total. The molecule has 0 saturated carbocycles. The van der Waals surface area contributed by atoms with Crippen LogP contribution in [0.1, 0.15) is 11.1 Å². The molecule has 0 nitrogen and oxygen atoms in total. The van der Waals surface area contributed by atoms with Crippen molar-refractivity contribution in [1.82, 2.24) is 0 Å². The van der Waals surface area contributed by atoms with Gasteiger partial charge in [0.25, 0.3) is 0 Å². The molecule has 0 heterocycles. The van der Waals surface area contributed by atoms with Gasteiger partial charge in [0.05, 0.1) is 0 Å². The van der Waals surface area contributed by atoms with Gasteiger partial charge < -0.3 is 0 Å². The minimum absolute atomic E-state index is 0.508. The van der Waals surface area contributed by atoms with E-state index >= 15 is 0 Å². The van der Waals surface area contributed by atoms with E-state index in [1.165, 1.54) is 0 Å². The highest BCUT2D eigenvalue weighted by Crippen LogP contribution is 2.52. The number of hydrogen-bond donors (Lipinski definition) is 0. The lowest BCUT2D eigenvalue weighted by Gasteiger charge is -2.27. The Hall–Kier alpha value is 0.670. The fourth-order valence-corrected chi connectivity index (χ4v) is 1.49. The van der Waals surface area contributed by atoms with Crippen LogP contribution in [0.4, 0.5) is 0 Å². The Kier molecular flexibility index (Phi) is 3.89. The Morgan fingerprint density at radius 3 is 2.00 bits per heavy atom. The van der Waals surface area contributed by atoms with Crippen molar-refractivity contribution in [3.63, 3.8) is 0 Å². The van der Waals surface area contributed by atoms with Gasteiger partial charge in [-0.3, -0.25) is 0 Å². The van der Waals surface area contributed by atoms with Crippen LogP contribution >= 0.6 is 58.0 Å². The normalized spacial score (nSPS) is 13.0. The molecule has 0 fully saturated rings. The summed E-state index contributed by atoms with van der Waals surface area (Å²) >= 11 is 28.9. The Bertz CT molecular complexity index is 326. The largest absolute Gasteiger partial charge is 0.227 e. The van der Waals surface area contributed by atoms with Gasteiger partial charge in [0.1, 0.15) is 0 Å². The molecule has 0 aliphatic heterocycles. The molecule has 0 amide bonds. The van der Waals surface area contributed by atoms with Crippen molar-refractivity contribution in [3.05, 3.63) is 42.3 Å². The Morgan fingerprint density at radius 2 is 1.57 bits per heavy atom. The molecule has 0 aliphatic carbocycles. The van der Waals surface area contributed by atoms with Gasteiger partial charge in [0.2, 0.25) is 3.79 Å². The number of hydrogen-bond acceptors (Lipinski definition) is 0. The quantitative estimate of drug-likeness (QED) is 0.648. The molecule has 1 radical (unpaired) electrons. The van der Waals surface area contributed by atoms with E-state index in [1.807, 2.05) is 0 Å². The lowest BCUT2D eigenvalue weighted by atomic mass is 10.1. The molecular formula is C9H6Cl5. The first-order valence-electron chi connectivity index (χ1n) is 3.62. The predicted octanol–water partition coefficient (Wildman–Crippen LogP) is 4.87. The monoisotopic (exact) mass is 289 g/mol. The van der Waals surface area contributed by atoms with Gasteiger partial charge >= 0.3 is 0 Å². The van der Waals surface area contributed by atoms with Gasteiger partial charge in [0, 0.05) is 0 Å². The van der Waals surface area contributed by atoms with E-state index in [1.54, 1.807) is 24.3 Å². The van der Waals surface area contributed by atoms with Crippen molar-refractivity contribution >= 4 is 58.0 Å². The Balaban J connectivity index is 3.16. The van der Waals surface area contributed by atoms with Crippen molar-refractivity contribution < 1.29 is 0 Å². The molecule has 0 bridgehead atoms. The molecule has 5 heteroatoms. The third kappa shape index (κ3) is 2.62. The van der Waals surface area contributed by atoms with Crippen LogP contribution in [0.2, 0.25) is 0 Å². The number of alkyl halides is 5. The minimum atomic E-state index is -1.79. The van der Waals surface area contributed by atoms with Crippen molar-refractivity contribution in [2.75, 3.05) is 0 Å². The summed E-state index contributed by atoms with van der Waals surface area (Å²) in [7, 11) is 0. The van der Waals surface area contributed by atoms with E-state index in [4.69, 9.17) is 58.0 Å². The van der Waals surface area contributed by atoms with Crippen LogP contribution in [0.25, 0.3) is 0 Å². The third-order valence-corrected chi connectivity index (χ3v) is 4.08. The second-order valence-corrected chi connectivity index (χ2v) is 6.38. The maximum atomic E-state index is 5.95. The topological polar surface area (TPSA) is 0 Å². The second kappa shape index (κ2) is 4.27. The van der Waals surface area contributed by atoms with Gasteiger partial charge in [-0.15, -0.1) is 0 Å². The highest BCUT2D eigenvalue weighted by molar-refractivity contribution is 6.75. The number of benzene rings is 1. The Labute approximate surface area is 108 Å². The van der Waals surface area contributed by atoms with Gasteiger partial charge in [-0.1, -0.05) is 82.3 Å². The van der Waals surface area contributed by atoms with E-state index in [0.717, 1.165) is 5.56 Å². The molecule has 0 aliphatic rings. The van der Waals surface area contributed by atoms with Gasteiger partial charge in [0.15, 0.2) is 4.33 Å². The standard InChI is InChI=1S/C9H6Cl5/c1-6-3-2-4-7(5-6)8(10,11)9(12,13)14/h2-5H,1H2. The number of halogens is 5. The third-order valence-electron chi connectivity index (χ3n) is 1.65. The molecule has 0 unspecified atom stereocenters. The van der Waals surface area contributed by atoms with E-state index < -0.39 is 8.13 Å². The summed E-state index contributed by atoms with van der Waals surface area (Å²) in [5.41, 5.74) is 1.26. The van der Waals surface area contributed by atoms with Crippen LogP contribution in [0.3, 0.4) is 0 Å². The van der Waals surface area contributed by atoms with Crippen LogP contribution in [-0.4, -0.2) is 3.79 Å². The predicted molar refractivity (Wildman–Crippen MR) is 64.6 cm³/mol. The summed E-state index contributed by atoms with van der Waals surface area (Å²) in [6.07, 6.45) is 0. The lowest BCUT2D eigenvalue weighted by Crippen LogP contribution is -2.28. The van der Waals surface area contributed by atoms with Crippen LogP contribution in [0.5, 0.6) is 0 Å². The van der Waals surface area contributed by atoms with E-state index in [9.17, 15) is 0 Å². The van der Waals surface area contributed by atoms with Gasteiger partial charge in [-0.2, -0.15) is 0 Å².